The van der Waals surface area contributed by atoms with Gasteiger partial charge in [-0.3, -0.25) is 4.79 Å². The van der Waals surface area contributed by atoms with Gasteiger partial charge in [0.1, 0.15) is 5.75 Å². The molecule has 0 bridgehead atoms. The van der Waals surface area contributed by atoms with Gasteiger partial charge in [0.25, 0.3) is 5.91 Å². The highest BCUT2D eigenvalue weighted by atomic mass is 79.9. The van der Waals surface area contributed by atoms with Crippen LogP contribution in [0.4, 0.5) is 0 Å². The minimum Gasteiger partial charge on any atom is -0.478 e. The van der Waals surface area contributed by atoms with Crippen molar-refractivity contribution in [2.45, 2.75) is 26.0 Å². The van der Waals surface area contributed by atoms with E-state index in [0.29, 0.717) is 17.3 Å². The Labute approximate surface area is 148 Å². The van der Waals surface area contributed by atoms with Crippen molar-refractivity contribution in [2.24, 2.45) is 0 Å². The summed E-state index contributed by atoms with van der Waals surface area (Å²) >= 11 is 10.9. The van der Waals surface area contributed by atoms with Crippen LogP contribution in [0.1, 0.15) is 18.7 Å². The molecule has 0 aliphatic rings. The van der Waals surface area contributed by atoms with E-state index >= 15 is 0 Å². The third-order valence-electron chi connectivity index (χ3n) is 3.07. The van der Waals surface area contributed by atoms with E-state index in [-0.39, 0.29) is 5.91 Å². The molecule has 0 atom stereocenters. The zero-order valence-corrected chi connectivity index (χ0v) is 15.8. The molecule has 1 aromatic carbocycles. The van der Waals surface area contributed by atoms with Crippen LogP contribution in [0.25, 0.3) is 0 Å². The van der Waals surface area contributed by atoms with Crippen LogP contribution in [-0.4, -0.2) is 23.5 Å². The molecule has 6 heteroatoms. The molecule has 118 valence electrons. The Bertz CT molecular complexity index is 654. The zero-order valence-electron chi connectivity index (χ0n) is 12.6. The fraction of sp³-hybridized carbons (Fsp3) is 0.312. The summed E-state index contributed by atoms with van der Waals surface area (Å²) in [4.78, 5) is 15.4. The van der Waals surface area contributed by atoms with E-state index in [2.05, 4.69) is 15.9 Å². The summed E-state index contributed by atoms with van der Waals surface area (Å²) in [5.41, 5.74) is -0.947. The number of likely N-dealkylation sites (N-methyl/N-ethyl adjacent to an activating group) is 1. The van der Waals surface area contributed by atoms with Crippen LogP contribution in [-0.2, 0) is 11.3 Å². The highest BCUT2D eigenvalue weighted by Gasteiger charge is 2.33. The maximum absolute atomic E-state index is 12.6. The Kier molecular flexibility index (Phi) is 5.53. The lowest BCUT2D eigenvalue weighted by Gasteiger charge is -2.30. The number of halogens is 2. The zero-order chi connectivity index (χ0) is 16.3. The molecule has 2 aromatic rings. The first kappa shape index (κ1) is 17.3. The molecular weight excluding hydrogens is 386 g/mol. The molecule has 0 saturated heterocycles. The summed E-state index contributed by atoms with van der Waals surface area (Å²) in [6, 6.07) is 11.0. The lowest BCUT2D eigenvalue weighted by atomic mass is 10.1. The number of nitrogens with zero attached hydrogens (tertiary/aromatic N) is 1. The maximum atomic E-state index is 12.6. The normalized spacial score (nSPS) is 11.3. The van der Waals surface area contributed by atoms with Gasteiger partial charge in [0.15, 0.2) is 5.60 Å². The van der Waals surface area contributed by atoms with Gasteiger partial charge in [-0.15, -0.1) is 11.3 Å². The summed E-state index contributed by atoms with van der Waals surface area (Å²) in [6.07, 6.45) is 0. The highest BCUT2D eigenvalue weighted by Crippen LogP contribution is 2.25. The quantitative estimate of drug-likeness (QED) is 0.706. The van der Waals surface area contributed by atoms with Gasteiger partial charge in [0.2, 0.25) is 0 Å². The minimum absolute atomic E-state index is 0.0769. The molecule has 0 saturated carbocycles. The molecule has 3 nitrogen and oxygen atoms in total. The summed E-state index contributed by atoms with van der Waals surface area (Å²) in [5.74, 6) is 0.544. The number of ether oxygens (including phenoxy) is 1. The number of carbonyl (C=O) groups is 1. The fourth-order valence-electron chi connectivity index (χ4n) is 2.04. The van der Waals surface area contributed by atoms with E-state index in [1.54, 1.807) is 61.4 Å². The molecule has 0 aliphatic heterocycles. The molecule has 0 radical (unpaired) electrons. The van der Waals surface area contributed by atoms with Crippen LogP contribution in [0.2, 0.25) is 5.02 Å². The van der Waals surface area contributed by atoms with Crippen molar-refractivity contribution in [1.29, 1.82) is 0 Å². The van der Waals surface area contributed by atoms with Gasteiger partial charge in [0.05, 0.1) is 10.3 Å². The number of hydrogen-bond donors (Lipinski definition) is 0. The van der Waals surface area contributed by atoms with Gasteiger partial charge in [-0.2, -0.15) is 0 Å². The Morgan fingerprint density at radius 3 is 2.45 bits per heavy atom. The Morgan fingerprint density at radius 1 is 1.27 bits per heavy atom. The molecule has 0 spiro atoms. The van der Waals surface area contributed by atoms with Crippen LogP contribution in [0.3, 0.4) is 0 Å². The molecule has 1 heterocycles. The van der Waals surface area contributed by atoms with E-state index in [9.17, 15) is 4.79 Å². The molecule has 22 heavy (non-hydrogen) atoms. The topological polar surface area (TPSA) is 29.5 Å². The Hall–Kier alpha value is -1.04. The second kappa shape index (κ2) is 7.02. The van der Waals surface area contributed by atoms with Crippen LogP contribution >= 0.6 is 38.9 Å². The third-order valence-corrected chi connectivity index (χ3v) is 4.93. The van der Waals surface area contributed by atoms with E-state index in [0.717, 1.165) is 8.66 Å². The fourth-order valence-corrected chi connectivity index (χ4v) is 3.71. The summed E-state index contributed by atoms with van der Waals surface area (Å²) in [5, 5.41) is 0.636. The number of rotatable bonds is 5. The predicted molar refractivity (Wildman–Crippen MR) is 94.7 cm³/mol. The largest absolute Gasteiger partial charge is 0.478 e. The molecule has 2 rings (SSSR count). The second-order valence-corrected chi connectivity index (χ2v) is 8.42. The maximum Gasteiger partial charge on any atom is 0.266 e. The molecule has 1 aromatic heterocycles. The van der Waals surface area contributed by atoms with E-state index < -0.39 is 5.60 Å². The molecular formula is C16H17BrClNO2S. The van der Waals surface area contributed by atoms with Gasteiger partial charge in [0, 0.05) is 16.9 Å². The molecule has 1 amide bonds. The number of benzene rings is 1. The summed E-state index contributed by atoms with van der Waals surface area (Å²) < 4.78 is 6.88. The predicted octanol–water partition coefficient (Wildman–Crippen LogP) is 4.98. The van der Waals surface area contributed by atoms with Crippen molar-refractivity contribution >= 4 is 44.8 Å². The third kappa shape index (κ3) is 4.48. The van der Waals surface area contributed by atoms with Gasteiger partial charge < -0.3 is 9.64 Å². The number of amides is 1. The second-order valence-electron chi connectivity index (χ2n) is 5.43. The molecule has 0 unspecified atom stereocenters. The number of carbonyl (C=O) groups excluding carboxylic acids is 1. The smallest absolute Gasteiger partial charge is 0.266 e. The number of hydrogen-bond acceptors (Lipinski definition) is 3. The van der Waals surface area contributed by atoms with Crippen molar-refractivity contribution in [2.75, 3.05) is 7.05 Å². The lowest BCUT2D eigenvalue weighted by Crippen LogP contribution is -2.46. The van der Waals surface area contributed by atoms with Crippen molar-refractivity contribution in [3.8, 4) is 5.75 Å². The number of thiophene rings is 1. The van der Waals surface area contributed by atoms with E-state index in [4.69, 9.17) is 16.3 Å². The van der Waals surface area contributed by atoms with Gasteiger partial charge in [-0.1, -0.05) is 11.6 Å². The molecule has 0 fully saturated rings. The van der Waals surface area contributed by atoms with Crippen molar-refractivity contribution < 1.29 is 9.53 Å². The summed E-state index contributed by atoms with van der Waals surface area (Å²) in [7, 11) is 1.78. The monoisotopic (exact) mass is 401 g/mol. The first-order valence-electron chi connectivity index (χ1n) is 6.72. The average molecular weight is 403 g/mol. The summed E-state index contributed by atoms with van der Waals surface area (Å²) in [6.45, 7) is 4.10. The van der Waals surface area contributed by atoms with Crippen molar-refractivity contribution in [3.63, 3.8) is 0 Å². The van der Waals surface area contributed by atoms with Gasteiger partial charge in [-0.25, -0.2) is 0 Å². The van der Waals surface area contributed by atoms with E-state index in [1.165, 1.54) is 0 Å². The van der Waals surface area contributed by atoms with Crippen LogP contribution in [0.5, 0.6) is 5.75 Å². The van der Waals surface area contributed by atoms with Crippen LogP contribution in [0, 0.1) is 0 Å². The molecule has 0 N–H and O–H groups in total. The van der Waals surface area contributed by atoms with Gasteiger partial charge >= 0.3 is 0 Å². The Morgan fingerprint density at radius 2 is 1.91 bits per heavy atom. The van der Waals surface area contributed by atoms with E-state index in [1.807, 2.05) is 12.1 Å². The highest BCUT2D eigenvalue weighted by molar-refractivity contribution is 9.11. The van der Waals surface area contributed by atoms with Crippen molar-refractivity contribution in [3.05, 3.63) is 50.1 Å². The Balaban J connectivity index is 2.03. The van der Waals surface area contributed by atoms with Crippen LogP contribution in [0.15, 0.2) is 40.2 Å². The minimum atomic E-state index is -0.947. The standard InChI is InChI=1S/C16H17BrClNO2S/c1-16(2,21-12-6-4-11(18)5-7-12)15(20)19(3)10-13-8-9-14(17)22-13/h4-9H,10H2,1-3H3. The van der Waals surface area contributed by atoms with Crippen LogP contribution < -0.4 is 4.74 Å². The van der Waals surface area contributed by atoms with Gasteiger partial charge in [-0.05, 0) is 66.2 Å². The lowest BCUT2D eigenvalue weighted by molar-refractivity contribution is -0.144. The first-order valence-corrected chi connectivity index (χ1v) is 8.71. The SMILES string of the molecule is CN(Cc1ccc(Br)s1)C(=O)C(C)(C)Oc1ccc(Cl)cc1. The average Bonchev–Trinajstić information content (AvgIpc) is 2.85. The molecule has 0 aliphatic carbocycles. The first-order chi connectivity index (χ1) is 10.3. The van der Waals surface area contributed by atoms with Crippen molar-refractivity contribution in [1.82, 2.24) is 4.90 Å².